The van der Waals surface area contributed by atoms with E-state index in [9.17, 15) is 14.4 Å². The standard InChI is InChI=1S/C25H18Cl3N3O3/c1-13-4-3-5-19(14(13)2)30-23(32)15-6-9-17(10-7-15)29-22-21(28)24(33)31(25(22)34)20-11-8-16(26)12-18(20)27/h3-12,29H,1-2H3,(H,30,32). The Morgan fingerprint density at radius 3 is 2.26 bits per heavy atom. The third kappa shape index (κ3) is 4.53. The molecule has 9 heteroatoms. The molecule has 3 amide bonds. The smallest absolute Gasteiger partial charge is 0.283 e. The second-order valence-electron chi connectivity index (χ2n) is 7.63. The maximum Gasteiger partial charge on any atom is 0.283 e. The maximum atomic E-state index is 13.0. The Balaban J connectivity index is 1.50. The van der Waals surface area contributed by atoms with Crippen LogP contribution in [0.3, 0.4) is 0 Å². The molecule has 6 nitrogen and oxygen atoms in total. The zero-order valence-electron chi connectivity index (χ0n) is 18.1. The topological polar surface area (TPSA) is 78.5 Å². The van der Waals surface area contributed by atoms with Gasteiger partial charge >= 0.3 is 0 Å². The van der Waals surface area contributed by atoms with Crippen molar-refractivity contribution >= 4 is 69.6 Å². The minimum atomic E-state index is -0.706. The van der Waals surface area contributed by atoms with E-state index in [0.29, 0.717) is 16.3 Å². The van der Waals surface area contributed by atoms with Crippen molar-refractivity contribution in [2.45, 2.75) is 13.8 Å². The SMILES string of the molecule is Cc1cccc(NC(=O)c2ccc(NC3=C(Cl)C(=O)N(c4ccc(Cl)cc4Cl)C3=O)cc2)c1C. The van der Waals surface area contributed by atoms with E-state index in [1.54, 1.807) is 24.3 Å². The lowest BCUT2D eigenvalue weighted by Crippen LogP contribution is -2.32. The van der Waals surface area contributed by atoms with Crippen molar-refractivity contribution in [2.75, 3.05) is 15.5 Å². The van der Waals surface area contributed by atoms with Crippen LogP contribution in [0.25, 0.3) is 0 Å². The number of benzene rings is 3. The van der Waals surface area contributed by atoms with E-state index in [-0.39, 0.29) is 27.3 Å². The average molecular weight is 515 g/mol. The minimum Gasteiger partial charge on any atom is -0.350 e. The van der Waals surface area contributed by atoms with Crippen LogP contribution < -0.4 is 15.5 Å². The molecule has 34 heavy (non-hydrogen) atoms. The fourth-order valence-electron chi connectivity index (χ4n) is 3.42. The molecule has 3 aromatic carbocycles. The molecule has 0 aliphatic carbocycles. The Kier molecular flexibility index (Phi) is 6.66. The molecule has 0 atom stereocenters. The number of amides is 3. The summed E-state index contributed by atoms with van der Waals surface area (Å²) in [6, 6.07) is 16.5. The number of carbonyl (C=O) groups is 3. The van der Waals surface area contributed by atoms with Crippen LogP contribution in [0.2, 0.25) is 10.0 Å². The molecule has 3 aromatic rings. The first-order valence-electron chi connectivity index (χ1n) is 10.2. The van der Waals surface area contributed by atoms with Crippen LogP contribution in [0.15, 0.2) is 71.4 Å². The van der Waals surface area contributed by atoms with E-state index in [2.05, 4.69) is 10.6 Å². The van der Waals surface area contributed by atoms with Gasteiger partial charge in [-0.05, 0) is 73.5 Å². The second-order valence-corrected chi connectivity index (χ2v) is 8.86. The van der Waals surface area contributed by atoms with Gasteiger partial charge in [0.05, 0.1) is 10.7 Å². The molecule has 0 radical (unpaired) electrons. The Labute approximate surface area is 211 Å². The third-order valence-electron chi connectivity index (χ3n) is 5.45. The van der Waals surface area contributed by atoms with Gasteiger partial charge in [0.15, 0.2) is 0 Å². The van der Waals surface area contributed by atoms with E-state index in [1.165, 1.54) is 18.2 Å². The zero-order valence-corrected chi connectivity index (χ0v) is 20.3. The summed E-state index contributed by atoms with van der Waals surface area (Å²) in [5, 5.41) is 6.00. The van der Waals surface area contributed by atoms with E-state index in [0.717, 1.165) is 21.7 Å². The quantitative estimate of drug-likeness (QED) is 0.392. The van der Waals surface area contributed by atoms with Crippen LogP contribution in [-0.4, -0.2) is 17.7 Å². The summed E-state index contributed by atoms with van der Waals surface area (Å²) in [7, 11) is 0. The van der Waals surface area contributed by atoms with Gasteiger partial charge in [-0.3, -0.25) is 14.4 Å². The van der Waals surface area contributed by atoms with Gasteiger partial charge in [0.1, 0.15) is 10.7 Å². The van der Waals surface area contributed by atoms with Gasteiger partial charge in [0.2, 0.25) is 0 Å². The number of carbonyl (C=O) groups excluding carboxylic acids is 3. The molecule has 0 aromatic heterocycles. The molecule has 0 saturated carbocycles. The van der Waals surface area contributed by atoms with Crippen molar-refractivity contribution in [2.24, 2.45) is 0 Å². The molecule has 1 aliphatic rings. The first kappa shape index (κ1) is 23.8. The molecule has 0 bridgehead atoms. The zero-order chi connectivity index (χ0) is 24.6. The molecule has 0 unspecified atom stereocenters. The summed E-state index contributed by atoms with van der Waals surface area (Å²) in [4.78, 5) is 39.1. The lowest BCUT2D eigenvalue weighted by molar-refractivity contribution is -0.120. The molecule has 172 valence electrons. The number of imide groups is 1. The first-order valence-corrected chi connectivity index (χ1v) is 11.3. The monoisotopic (exact) mass is 513 g/mol. The van der Waals surface area contributed by atoms with Crippen molar-refractivity contribution in [1.82, 2.24) is 0 Å². The summed E-state index contributed by atoms with van der Waals surface area (Å²) in [6.45, 7) is 3.91. The van der Waals surface area contributed by atoms with Crippen molar-refractivity contribution < 1.29 is 14.4 Å². The van der Waals surface area contributed by atoms with Crippen LogP contribution in [0.1, 0.15) is 21.5 Å². The Morgan fingerprint density at radius 2 is 1.59 bits per heavy atom. The number of anilines is 3. The number of nitrogens with zero attached hydrogens (tertiary/aromatic N) is 1. The number of halogens is 3. The van der Waals surface area contributed by atoms with E-state index >= 15 is 0 Å². The molecular weight excluding hydrogens is 497 g/mol. The third-order valence-corrected chi connectivity index (χ3v) is 6.34. The number of hydrogen-bond donors (Lipinski definition) is 2. The van der Waals surface area contributed by atoms with Gasteiger partial charge < -0.3 is 10.6 Å². The minimum absolute atomic E-state index is 0.0923. The first-order chi connectivity index (χ1) is 16.2. The lowest BCUT2D eigenvalue weighted by Gasteiger charge is -2.16. The Morgan fingerprint density at radius 1 is 0.882 bits per heavy atom. The molecular formula is C25H18Cl3N3O3. The van der Waals surface area contributed by atoms with Crippen molar-refractivity contribution in [3.05, 3.63) is 98.1 Å². The Bertz CT molecular complexity index is 1370. The van der Waals surface area contributed by atoms with E-state index in [4.69, 9.17) is 34.8 Å². The number of rotatable bonds is 5. The molecule has 0 saturated heterocycles. The largest absolute Gasteiger partial charge is 0.350 e. The maximum absolute atomic E-state index is 13.0. The summed E-state index contributed by atoms with van der Waals surface area (Å²) in [6.07, 6.45) is 0. The second kappa shape index (κ2) is 9.50. The van der Waals surface area contributed by atoms with Crippen molar-refractivity contribution in [1.29, 1.82) is 0 Å². The molecule has 2 N–H and O–H groups in total. The van der Waals surface area contributed by atoms with E-state index < -0.39 is 11.8 Å². The molecule has 0 spiro atoms. The molecule has 1 heterocycles. The summed E-state index contributed by atoms with van der Waals surface area (Å²) in [5.74, 6) is -1.63. The van der Waals surface area contributed by atoms with Crippen LogP contribution in [0, 0.1) is 13.8 Å². The van der Waals surface area contributed by atoms with Crippen LogP contribution in [0.4, 0.5) is 17.1 Å². The van der Waals surface area contributed by atoms with Crippen molar-refractivity contribution in [3.63, 3.8) is 0 Å². The molecule has 4 rings (SSSR count). The summed E-state index contributed by atoms with van der Waals surface area (Å²) >= 11 is 18.2. The van der Waals surface area contributed by atoms with Crippen LogP contribution >= 0.6 is 34.8 Å². The fourth-order valence-corrected chi connectivity index (χ4v) is 4.13. The van der Waals surface area contributed by atoms with Gasteiger partial charge in [0, 0.05) is 22.0 Å². The normalized spacial score (nSPS) is 13.5. The summed E-state index contributed by atoms with van der Waals surface area (Å²) < 4.78 is 0. The predicted octanol–water partition coefficient (Wildman–Crippen LogP) is 6.30. The number of aryl methyl sites for hydroxylation is 1. The van der Waals surface area contributed by atoms with Gasteiger partial charge in [-0.25, -0.2) is 4.90 Å². The van der Waals surface area contributed by atoms with Crippen LogP contribution in [-0.2, 0) is 9.59 Å². The highest BCUT2D eigenvalue weighted by Crippen LogP contribution is 2.35. The average Bonchev–Trinajstić information content (AvgIpc) is 3.01. The van der Waals surface area contributed by atoms with Crippen molar-refractivity contribution in [3.8, 4) is 0 Å². The van der Waals surface area contributed by atoms with E-state index in [1.807, 2.05) is 32.0 Å². The highest BCUT2D eigenvalue weighted by atomic mass is 35.5. The fraction of sp³-hybridized carbons (Fsp3) is 0.0800. The van der Waals surface area contributed by atoms with Gasteiger partial charge in [-0.2, -0.15) is 0 Å². The highest BCUT2D eigenvalue weighted by molar-refractivity contribution is 6.54. The summed E-state index contributed by atoms with van der Waals surface area (Å²) in [5.41, 5.74) is 3.79. The predicted molar refractivity (Wildman–Crippen MR) is 136 cm³/mol. The number of hydrogen-bond acceptors (Lipinski definition) is 4. The van der Waals surface area contributed by atoms with Crippen LogP contribution in [0.5, 0.6) is 0 Å². The molecule has 0 fully saturated rings. The number of nitrogens with one attached hydrogen (secondary N) is 2. The lowest BCUT2D eigenvalue weighted by atomic mass is 10.1. The van der Waals surface area contributed by atoms with Gasteiger partial charge in [-0.1, -0.05) is 46.9 Å². The Hall–Kier alpha value is -3.32. The molecule has 1 aliphatic heterocycles. The van der Waals surface area contributed by atoms with Gasteiger partial charge in [0.25, 0.3) is 17.7 Å². The highest BCUT2D eigenvalue weighted by Gasteiger charge is 2.39. The van der Waals surface area contributed by atoms with Gasteiger partial charge in [-0.15, -0.1) is 0 Å².